The Bertz CT molecular complexity index is 389. The Balaban J connectivity index is 2.48. The summed E-state index contributed by atoms with van der Waals surface area (Å²) in [5, 5.41) is 0.996. The molecule has 0 atom stereocenters. The summed E-state index contributed by atoms with van der Waals surface area (Å²) in [7, 11) is 5.68. The zero-order chi connectivity index (χ0) is 9.26. The zero-order valence-corrected chi connectivity index (χ0v) is 8.14. The van der Waals surface area contributed by atoms with Gasteiger partial charge in [0, 0.05) is 16.0 Å². The molecule has 0 aliphatic heterocycles. The molecule has 0 saturated carbocycles. The van der Waals surface area contributed by atoms with Crippen molar-refractivity contribution in [1.82, 2.24) is 4.98 Å². The molecule has 1 aromatic heterocycles. The Labute approximate surface area is 82.9 Å². The summed E-state index contributed by atoms with van der Waals surface area (Å²) in [6, 6.07) is 10.1. The van der Waals surface area contributed by atoms with Crippen molar-refractivity contribution >= 4 is 24.8 Å². The van der Waals surface area contributed by atoms with Crippen molar-refractivity contribution in [2.45, 2.75) is 6.92 Å². The smallest absolute Gasteiger partial charge is 0.143 e. The van der Waals surface area contributed by atoms with Crippen molar-refractivity contribution in [3.63, 3.8) is 0 Å². The molecule has 62 valence electrons. The van der Waals surface area contributed by atoms with Gasteiger partial charge in [0.25, 0.3) is 0 Å². The van der Waals surface area contributed by atoms with Gasteiger partial charge in [0.1, 0.15) is 12.9 Å². The van der Waals surface area contributed by atoms with Crippen molar-refractivity contribution in [1.29, 1.82) is 0 Å². The molecule has 0 N–H and O–H groups in total. The van der Waals surface area contributed by atoms with E-state index in [0.29, 0.717) is 5.59 Å². The fraction of sp³-hybridized carbons (Fsp3) is 0.100. The second-order valence-corrected chi connectivity index (χ2v) is 4.03. The molecule has 0 unspecified atom stereocenters. The molecule has 2 radical (unpaired) electrons. The molecule has 0 aliphatic rings. The van der Waals surface area contributed by atoms with E-state index >= 15 is 0 Å². The normalized spacial score (nSPS) is 10.2. The highest BCUT2D eigenvalue weighted by molar-refractivity contribution is 7.15. The van der Waals surface area contributed by atoms with Crippen molar-refractivity contribution < 1.29 is 0 Å². The molecule has 13 heavy (non-hydrogen) atoms. The zero-order valence-electron chi connectivity index (χ0n) is 7.32. The van der Waals surface area contributed by atoms with Crippen LogP contribution in [-0.2, 0) is 0 Å². The van der Waals surface area contributed by atoms with Gasteiger partial charge < -0.3 is 0 Å². The third-order valence-corrected chi connectivity index (χ3v) is 2.89. The molecule has 0 aliphatic carbocycles. The average molecular weight is 185 g/mol. The third kappa shape index (κ3) is 1.65. The van der Waals surface area contributed by atoms with Crippen LogP contribution in [0.15, 0.2) is 30.3 Å². The van der Waals surface area contributed by atoms with E-state index in [2.05, 4.69) is 4.98 Å². The van der Waals surface area contributed by atoms with Gasteiger partial charge in [-0.1, -0.05) is 30.3 Å². The van der Waals surface area contributed by atoms with Gasteiger partial charge in [-0.25, -0.2) is 0 Å². The molecule has 3 heteroatoms. The van der Waals surface area contributed by atoms with Crippen LogP contribution in [0.4, 0.5) is 0 Å². The van der Waals surface area contributed by atoms with Gasteiger partial charge in [-0.2, -0.15) is 0 Å². The van der Waals surface area contributed by atoms with Crippen LogP contribution < -0.4 is 5.59 Å². The van der Waals surface area contributed by atoms with Gasteiger partial charge in [-0.3, -0.25) is 4.98 Å². The lowest BCUT2D eigenvalue weighted by molar-refractivity contribution is 1.45. The molecule has 0 saturated heterocycles. The Kier molecular flexibility index (Phi) is 2.19. The Hall–Kier alpha value is -1.09. The monoisotopic (exact) mass is 185 g/mol. The molecule has 2 aromatic rings. The van der Waals surface area contributed by atoms with Crippen LogP contribution in [0.2, 0.25) is 0 Å². The van der Waals surface area contributed by atoms with Crippen LogP contribution in [0.25, 0.3) is 10.6 Å². The Morgan fingerprint density at radius 3 is 2.46 bits per heavy atom. The standard InChI is InChI=1S/C10H8BNS/c1-7-9(11)12-10(13-7)8-5-3-2-4-6-8/h2-6H,1H3. The largest absolute Gasteiger partial charge is 0.252 e. The highest BCUT2D eigenvalue weighted by atomic mass is 32.1. The third-order valence-electron chi connectivity index (χ3n) is 1.85. The molecular weight excluding hydrogens is 177 g/mol. The second-order valence-electron chi connectivity index (χ2n) is 2.83. The topological polar surface area (TPSA) is 12.9 Å². The lowest BCUT2D eigenvalue weighted by Crippen LogP contribution is -2.05. The number of hydrogen-bond donors (Lipinski definition) is 0. The predicted octanol–water partition coefficient (Wildman–Crippen LogP) is 1.91. The van der Waals surface area contributed by atoms with Crippen LogP contribution in [0.3, 0.4) is 0 Å². The number of benzene rings is 1. The lowest BCUT2D eigenvalue weighted by atomic mass is 10.0. The molecule has 0 fully saturated rings. The average Bonchev–Trinajstić information content (AvgIpc) is 2.49. The lowest BCUT2D eigenvalue weighted by Gasteiger charge is -1.92. The summed E-state index contributed by atoms with van der Waals surface area (Å²) in [5.74, 6) is 0. The van der Waals surface area contributed by atoms with Gasteiger partial charge in [0.2, 0.25) is 0 Å². The summed E-state index contributed by atoms with van der Waals surface area (Å²) >= 11 is 1.63. The fourth-order valence-electron chi connectivity index (χ4n) is 1.11. The number of aryl methyl sites for hydroxylation is 1. The first-order valence-electron chi connectivity index (χ1n) is 4.05. The van der Waals surface area contributed by atoms with E-state index < -0.39 is 0 Å². The quantitative estimate of drug-likeness (QED) is 0.618. The van der Waals surface area contributed by atoms with Crippen molar-refractivity contribution in [3.05, 3.63) is 35.2 Å². The minimum Gasteiger partial charge on any atom is -0.252 e. The molecule has 1 heterocycles. The molecule has 0 spiro atoms. The molecular formula is C10H8BNS. The molecule has 1 nitrogen and oxygen atoms in total. The summed E-state index contributed by atoms with van der Waals surface area (Å²) < 4.78 is 0. The van der Waals surface area contributed by atoms with Gasteiger partial charge in [0.15, 0.2) is 0 Å². The highest BCUT2D eigenvalue weighted by Gasteiger charge is 2.03. The van der Waals surface area contributed by atoms with Crippen molar-refractivity contribution in [2.24, 2.45) is 0 Å². The van der Waals surface area contributed by atoms with Crippen LogP contribution in [0, 0.1) is 6.92 Å². The SMILES string of the molecule is [B]c1nc(-c2ccccc2)sc1C. The van der Waals surface area contributed by atoms with E-state index in [4.69, 9.17) is 7.85 Å². The van der Waals surface area contributed by atoms with Crippen LogP contribution in [0.5, 0.6) is 0 Å². The number of thiazole rings is 1. The summed E-state index contributed by atoms with van der Waals surface area (Å²) in [6.07, 6.45) is 0. The Morgan fingerprint density at radius 2 is 1.92 bits per heavy atom. The highest BCUT2D eigenvalue weighted by Crippen LogP contribution is 2.22. The van der Waals surface area contributed by atoms with Crippen LogP contribution >= 0.6 is 11.3 Å². The minimum absolute atomic E-state index is 0.642. The first-order valence-corrected chi connectivity index (χ1v) is 4.87. The minimum atomic E-state index is 0.642. The van der Waals surface area contributed by atoms with E-state index in [1.54, 1.807) is 11.3 Å². The second kappa shape index (κ2) is 3.34. The van der Waals surface area contributed by atoms with Gasteiger partial charge >= 0.3 is 0 Å². The van der Waals surface area contributed by atoms with Crippen molar-refractivity contribution in [2.75, 3.05) is 0 Å². The van der Waals surface area contributed by atoms with E-state index in [-0.39, 0.29) is 0 Å². The Morgan fingerprint density at radius 1 is 1.23 bits per heavy atom. The van der Waals surface area contributed by atoms with Crippen molar-refractivity contribution in [3.8, 4) is 10.6 Å². The first-order chi connectivity index (χ1) is 6.27. The number of aromatic nitrogens is 1. The van der Waals surface area contributed by atoms with Gasteiger partial charge in [-0.05, 0) is 6.92 Å². The molecule has 0 amide bonds. The van der Waals surface area contributed by atoms with Crippen LogP contribution in [0.1, 0.15) is 4.88 Å². The summed E-state index contributed by atoms with van der Waals surface area (Å²) in [5.41, 5.74) is 1.77. The van der Waals surface area contributed by atoms with E-state index in [0.717, 1.165) is 15.4 Å². The summed E-state index contributed by atoms with van der Waals surface area (Å²) in [6.45, 7) is 1.99. The molecule has 0 bridgehead atoms. The predicted molar refractivity (Wildman–Crippen MR) is 57.7 cm³/mol. The molecule has 2 rings (SSSR count). The molecule has 1 aromatic carbocycles. The maximum absolute atomic E-state index is 5.68. The maximum atomic E-state index is 5.68. The van der Waals surface area contributed by atoms with E-state index in [1.165, 1.54) is 0 Å². The number of nitrogens with zero attached hydrogens (tertiary/aromatic N) is 1. The number of hydrogen-bond acceptors (Lipinski definition) is 2. The summed E-state index contributed by atoms with van der Waals surface area (Å²) in [4.78, 5) is 5.36. The van der Waals surface area contributed by atoms with Gasteiger partial charge in [0.05, 0.1) is 0 Å². The van der Waals surface area contributed by atoms with E-state index in [9.17, 15) is 0 Å². The fourth-order valence-corrected chi connectivity index (χ4v) is 1.95. The van der Waals surface area contributed by atoms with Crippen LogP contribution in [-0.4, -0.2) is 12.8 Å². The van der Waals surface area contributed by atoms with Gasteiger partial charge in [-0.15, -0.1) is 11.3 Å². The first kappa shape index (κ1) is 8.51. The number of rotatable bonds is 1. The maximum Gasteiger partial charge on any atom is 0.143 e. The van der Waals surface area contributed by atoms with E-state index in [1.807, 2.05) is 37.3 Å².